The molecular formula is C6H5N5O6. The molecule has 0 amide bonds. The lowest BCUT2D eigenvalue weighted by Gasteiger charge is -1.95. The molecule has 1 heterocycles. The van der Waals surface area contributed by atoms with Gasteiger partial charge >= 0.3 is 11.6 Å². The van der Waals surface area contributed by atoms with Gasteiger partial charge in [-0.15, -0.1) is 0 Å². The van der Waals surface area contributed by atoms with Crippen molar-refractivity contribution in [1.29, 1.82) is 0 Å². The number of hydrogen-bond acceptors (Lipinski definition) is 8. The fraction of sp³-hybridized carbons (Fsp3) is 0.167. The second-order valence-corrected chi connectivity index (χ2v) is 2.76. The molecule has 0 aliphatic carbocycles. The van der Waals surface area contributed by atoms with Crippen molar-refractivity contribution in [1.82, 2.24) is 9.78 Å². The summed E-state index contributed by atoms with van der Waals surface area (Å²) >= 11 is 0. The van der Waals surface area contributed by atoms with Crippen LogP contribution in [0.3, 0.4) is 0 Å². The van der Waals surface area contributed by atoms with Crippen LogP contribution in [0.25, 0.3) is 0 Å². The molecule has 0 bridgehead atoms. The number of oxime groups is 1. The van der Waals surface area contributed by atoms with Gasteiger partial charge in [0.05, 0.1) is 0 Å². The summed E-state index contributed by atoms with van der Waals surface area (Å²) < 4.78 is 0.613. The van der Waals surface area contributed by atoms with E-state index in [0.717, 1.165) is 7.05 Å². The lowest BCUT2D eigenvalue weighted by molar-refractivity contribution is -0.395. The van der Waals surface area contributed by atoms with Gasteiger partial charge in [-0.2, -0.15) is 0 Å². The quantitative estimate of drug-likeness (QED) is 0.248. The van der Waals surface area contributed by atoms with Crippen molar-refractivity contribution in [3.63, 3.8) is 0 Å². The third-order valence-corrected chi connectivity index (χ3v) is 1.82. The minimum Gasteiger partial charge on any atom is -0.410 e. The van der Waals surface area contributed by atoms with Crippen molar-refractivity contribution in [3.8, 4) is 0 Å². The molecule has 1 rings (SSSR count). The topological polar surface area (TPSA) is 154 Å². The Kier molecular flexibility index (Phi) is 3.12. The van der Waals surface area contributed by atoms with Crippen LogP contribution < -0.4 is 0 Å². The van der Waals surface area contributed by atoms with Gasteiger partial charge in [0.1, 0.15) is 12.1 Å². The van der Waals surface area contributed by atoms with Gasteiger partial charge in [-0.25, -0.2) is 0 Å². The molecule has 0 saturated heterocycles. The van der Waals surface area contributed by atoms with E-state index in [1.54, 1.807) is 0 Å². The van der Waals surface area contributed by atoms with E-state index in [0.29, 0.717) is 4.68 Å². The van der Waals surface area contributed by atoms with Crippen molar-refractivity contribution in [2.75, 3.05) is 0 Å². The second-order valence-electron chi connectivity index (χ2n) is 2.76. The number of aryl methyl sites for hydroxylation is 1. The number of hydrogen-bond donors (Lipinski definition) is 1. The molecule has 0 saturated carbocycles. The van der Waals surface area contributed by atoms with Gasteiger partial charge in [0, 0.05) is 0 Å². The largest absolute Gasteiger partial charge is 0.430 e. The van der Waals surface area contributed by atoms with Crippen LogP contribution in [0.5, 0.6) is 0 Å². The van der Waals surface area contributed by atoms with E-state index < -0.39 is 32.8 Å². The van der Waals surface area contributed by atoms with E-state index in [2.05, 4.69) is 10.3 Å². The summed E-state index contributed by atoms with van der Waals surface area (Å²) in [6, 6.07) is 0. The van der Waals surface area contributed by atoms with Gasteiger partial charge in [-0.05, 0) is 14.5 Å². The number of nitrogens with zero attached hydrogens (tertiary/aromatic N) is 5. The third kappa shape index (κ3) is 1.92. The normalized spacial score (nSPS) is 11.2. The molecule has 1 aromatic heterocycles. The highest BCUT2D eigenvalue weighted by Gasteiger charge is 2.38. The predicted octanol–water partition coefficient (Wildman–Crippen LogP) is -0.386. The molecule has 0 aromatic carbocycles. The first-order valence-electron chi connectivity index (χ1n) is 3.97. The average molecular weight is 243 g/mol. The number of aromatic nitrogens is 2. The van der Waals surface area contributed by atoms with E-state index in [9.17, 15) is 25.0 Å². The Bertz CT molecular complexity index is 531. The number of rotatable bonds is 4. The summed E-state index contributed by atoms with van der Waals surface area (Å²) in [6.07, 6.45) is -0.0446. The molecule has 0 unspecified atom stereocenters. The van der Waals surface area contributed by atoms with E-state index >= 15 is 0 Å². The SMILES string of the molecule is Cn1nc([N+](=O)[O-])c(C(C=O)=NO)c1[N+](=O)[O-]. The Balaban J connectivity index is 3.68. The molecule has 0 aliphatic heterocycles. The molecule has 0 spiro atoms. The molecule has 1 aromatic rings. The van der Waals surface area contributed by atoms with Gasteiger partial charge in [0.15, 0.2) is 12.0 Å². The van der Waals surface area contributed by atoms with Crippen molar-refractivity contribution >= 4 is 23.6 Å². The van der Waals surface area contributed by atoms with Crippen LogP contribution >= 0.6 is 0 Å². The maximum atomic E-state index is 10.7. The Labute approximate surface area is 92.2 Å². The molecular weight excluding hydrogens is 238 g/mol. The van der Waals surface area contributed by atoms with Gasteiger partial charge in [-0.1, -0.05) is 5.16 Å². The summed E-state index contributed by atoms with van der Waals surface area (Å²) in [7, 11) is 1.09. The molecule has 90 valence electrons. The number of carbonyl (C=O) groups is 1. The number of nitro groups is 2. The summed E-state index contributed by atoms with van der Waals surface area (Å²) in [5.74, 6) is -1.74. The summed E-state index contributed by atoms with van der Waals surface area (Å²) in [6.45, 7) is 0. The second kappa shape index (κ2) is 4.34. The van der Waals surface area contributed by atoms with E-state index in [4.69, 9.17) is 5.21 Å². The van der Waals surface area contributed by atoms with Crippen LogP contribution in [0.4, 0.5) is 11.6 Å². The molecule has 0 aliphatic rings. The minimum absolute atomic E-state index is 0.0446. The Morgan fingerprint density at radius 2 is 2.06 bits per heavy atom. The lowest BCUT2D eigenvalue weighted by Crippen LogP contribution is -2.08. The fourth-order valence-corrected chi connectivity index (χ4v) is 1.20. The van der Waals surface area contributed by atoms with Crippen molar-refractivity contribution < 1.29 is 19.8 Å². The first-order valence-corrected chi connectivity index (χ1v) is 3.97. The molecule has 1 N–H and O–H groups in total. The van der Waals surface area contributed by atoms with Crippen molar-refractivity contribution in [2.24, 2.45) is 12.2 Å². The molecule has 11 heteroatoms. The van der Waals surface area contributed by atoms with Crippen molar-refractivity contribution in [2.45, 2.75) is 0 Å². The Morgan fingerprint density at radius 1 is 1.47 bits per heavy atom. The Hall–Kier alpha value is -2.85. The number of aldehydes is 1. The van der Waals surface area contributed by atoms with Crippen molar-refractivity contribution in [3.05, 3.63) is 25.8 Å². The van der Waals surface area contributed by atoms with E-state index in [-0.39, 0.29) is 6.29 Å². The Morgan fingerprint density at radius 3 is 2.41 bits per heavy atom. The zero-order valence-corrected chi connectivity index (χ0v) is 8.30. The van der Waals surface area contributed by atoms with Gasteiger partial charge in [0.25, 0.3) is 0 Å². The summed E-state index contributed by atoms with van der Waals surface area (Å²) in [4.78, 5) is 29.8. The highest BCUT2D eigenvalue weighted by atomic mass is 16.6. The maximum absolute atomic E-state index is 10.7. The van der Waals surface area contributed by atoms with Crippen LogP contribution in [0, 0.1) is 20.2 Å². The summed E-state index contributed by atoms with van der Waals surface area (Å²) in [5.41, 5.74) is -1.57. The van der Waals surface area contributed by atoms with Crippen LogP contribution in [-0.4, -0.2) is 36.8 Å². The van der Waals surface area contributed by atoms with Crippen LogP contribution in [0.1, 0.15) is 5.56 Å². The van der Waals surface area contributed by atoms with E-state index in [1.807, 2.05) is 0 Å². The molecule has 17 heavy (non-hydrogen) atoms. The standard InChI is InChI=1S/C6H5N5O6/c1-9-6(11(16)17)4(3(2-12)8-13)5(7-9)10(14)15/h2,13H,1H3. The highest BCUT2D eigenvalue weighted by Crippen LogP contribution is 2.27. The smallest absolute Gasteiger partial charge is 0.410 e. The van der Waals surface area contributed by atoms with Gasteiger partial charge in [-0.3, -0.25) is 4.79 Å². The molecule has 0 atom stereocenters. The third-order valence-electron chi connectivity index (χ3n) is 1.82. The van der Waals surface area contributed by atoms with Crippen LogP contribution in [-0.2, 0) is 11.8 Å². The zero-order valence-electron chi connectivity index (χ0n) is 8.30. The zero-order chi connectivity index (χ0) is 13.2. The van der Waals surface area contributed by atoms with Gasteiger partial charge in [0.2, 0.25) is 5.56 Å². The predicted molar refractivity (Wildman–Crippen MR) is 50.9 cm³/mol. The monoisotopic (exact) mass is 243 g/mol. The maximum Gasteiger partial charge on any atom is 0.430 e. The highest BCUT2D eigenvalue weighted by molar-refractivity contribution is 6.38. The number of carbonyl (C=O) groups excluding carboxylic acids is 1. The minimum atomic E-state index is -1.02. The summed E-state index contributed by atoms with van der Waals surface area (Å²) in [5, 5.41) is 35.5. The molecule has 0 radical (unpaired) electrons. The first-order chi connectivity index (χ1) is 7.93. The molecule has 11 nitrogen and oxygen atoms in total. The van der Waals surface area contributed by atoms with Crippen LogP contribution in [0.2, 0.25) is 0 Å². The molecule has 0 fully saturated rings. The van der Waals surface area contributed by atoms with Crippen LogP contribution in [0.15, 0.2) is 5.16 Å². The lowest BCUT2D eigenvalue weighted by atomic mass is 10.2. The first kappa shape index (κ1) is 12.2. The van der Waals surface area contributed by atoms with E-state index in [1.165, 1.54) is 0 Å². The fourth-order valence-electron chi connectivity index (χ4n) is 1.20. The average Bonchev–Trinajstić information content (AvgIpc) is 2.58. The van der Waals surface area contributed by atoms with Gasteiger partial charge < -0.3 is 25.4 Å².